The van der Waals surface area contributed by atoms with Crippen LogP contribution in [-0.4, -0.2) is 30.7 Å². The van der Waals surface area contributed by atoms with E-state index in [1.807, 2.05) is 0 Å². The molecule has 1 aromatic heterocycles. The number of hydrogen-bond acceptors (Lipinski definition) is 7. The van der Waals surface area contributed by atoms with Crippen LogP contribution in [0.4, 0.5) is 5.69 Å². The standard InChI is InChI=1S/C22H22N2O7S/c1-14-12-21(25)31-22-15(2)19(9-7-17(14)22)30-20-8-6-16(13-18(20)24(26)27)32(28,29)23-10-4-3-5-11-23/h6-9,12-13H,3-5,10-11H2,1-2H3. The molecule has 1 aliphatic heterocycles. The third-order valence-electron chi connectivity index (χ3n) is 5.62. The van der Waals surface area contributed by atoms with Crippen molar-refractivity contribution in [2.24, 2.45) is 0 Å². The van der Waals surface area contributed by atoms with Crippen LogP contribution in [0.25, 0.3) is 11.0 Å². The first-order chi connectivity index (χ1) is 15.2. The zero-order valence-electron chi connectivity index (χ0n) is 17.7. The van der Waals surface area contributed by atoms with Crippen LogP contribution >= 0.6 is 0 Å². The number of piperidine rings is 1. The third-order valence-corrected chi connectivity index (χ3v) is 7.51. The lowest BCUT2D eigenvalue weighted by molar-refractivity contribution is -0.385. The summed E-state index contributed by atoms with van der Waals surface area (Å²) in [4.78, 5) is 22.7. The summed E-state index contributed by atoms with van der Waals surface area (Å²) in [6, 6.07) is 8.34. The average molecular weight is 458 g/mol. The number of fused-ring (bicyclic) bond motifs is 1. The van der Waals surface area contributed by atoms with Crippen molar-refractivity contribution in [3.8, 4) is 11.5 Å². The summed E-state index contributed by atoms with van der Waals surface area (Å²) >= 11 is 0. The van der Waals surface area contributed by atoms with Crippen LogP contribution in [-0.2, 0) is 10.0 Å². The molecule has 1 fully saturated rings. The van der Waals surface area contributed by atoms with E-state index in [0.717, 1.165) is 36.3 Å². The van der Waals surface area contributed by atoms with Gasteiger partial charge in [-0.15, -0.1) is 0 Å². The molecule has 0 saturated carbocycles. The normalized spacial score (nSPS) is 15.1. The van der Waals surface area contributed by atoms with Crippen LogP contribution in [0.15, 0.2) is 50.5 Å². The van der Waals surface area contributed by atoms with Crippen LogP contribution in [0.3, 0.4) is 0 Å². The molecule has 9 nitrogen and oxygen atoms in total. The minimum Gasteiger partial charge on any atom is -0.450 e. The lowest BCUT2D eigenvalue weighted by atomic mass is 10.1. The van der Waals surface area contributed by atoms with Gasteiger partial charge >= 0.3 is 11.3 Å². The Balaban J connectivity index is 1.74. The van der Waals surface area contributed by atoms with Gasteiger partial charge in [-0.05, 0) is 56.5 Å². The highest BCUT2D eigenvalue weighted by atomic mass is 32.2. The summed E-state index contributed by atoms with van der Waals surface area (Å²) in [6.45, 7) is 4.26. The van der Waals surface area contributed by atoms with Crippen molar-refractivity contribution in [2.75, 3.05) is 13.1 Å². The second-order valence-electron chi connectivity index (χ2n) is 7.77. The Morgan fingerprint density at radius 3 is 2.41 bits per heavy atom. The van der Waals surface area contributed by atoms with Gasteiger partial charge in [0.05, 0.1) is 9.82 Å². The Hall–Kier alpha value is -3.24. The van der Waals surface area contributed by atoms with Gasteiger partial charge in [0.25, 0.3) is 0 Å². The lowest BCUT2D eigenvalue weighted by Crippen LogP contribution is -2.35. The predicted octanol–water partition coefficient (Wildman–Crippen LogP) is 4.28. The monoisotopic (exact) mass is 458 g/mol. The van der Waals surface area contributed by atoms with Gasteiger partial charge in [-0.1, -0.05) is 6.42 Å². The molecule has 0 N–H and O–H groups in total. The van der Waals surface area contributed by atoms with Gasteiger partial charge in [-0.2, -0.15) is 4.31 Å². The predicted molar refractivity (Wildman–Crippen MR) is 118 cm³/mol. The van der Waals surface area contributed by atoms with Crippen LogP contribution in [0.5, 0.6) is 11.5 Å². The van der Waals surface area contributed by atoms with Crippen molar-refractivity contribution < 1.29 is 22.5 Å². The number of aryl methyl sites for hydroxylation is 2. The highest BCUT2D eigenvalue weighted by Gasteiger charge is 2.29. The molecule has 0 aliphatic carbocycles. The molecule has 0 spiro atoms. The topological polar surface area (TPSA) is 120 Å². The van der Waals surface area contributed by atoms with Crippen molar-refractivity contribution in [3.63, 3.8) is 0 Å². The largest absolute Gasteiger partial charge is 0.450 e. The maximum Gasteiger partial charge on any atom is 0.336 e. The molecule has 4 rings (SSSR count). The Bertz CT molecular complexity index is 1370. The number of rotatable bonds is 5. The summed E-state index contributed by atoms with van der Waals surface area (Å²) in [5, 5.41) is 12.4. The van der Waals surface area contributed by atoms with Crippen molar-refractivity contribution >= 4 is 26.7 Å². The van der Waals surface area contributed by atoms with E-state index in [9.17, 15) is 23.3 Å². The number of nitro groups is 1. The van der Waals surface area contributed by atoms with Crippen LogP contribution < -0.4 is 10.4 Å². The van der Waals surface area contributed by atoms with Crippen molar-refractivity contribution in [1.82, 2.24) is 4.31 Å². The Kier molecular flexibility index (Phi) is 5.74. The molecular weight excluding hydrogens is 436 g/mol. The summed E-state index contributed by atoms with van der Waals surface area (Å²) in [5.74, 6) is 0.158. The van der Waals surface area contributed by atoms with E-state index in [4.69, 9.17) is 9.15 Å². The van der Waals surface area contributed by atoms with E-state index >= 15 is 0 Å². The molecule has 3 aromatic rings. The molecule has 0 unspecified atom stereocenters. The quantitative estimate of drug-likeness (QED) is 0.318. The SMILES string of the molecule is Cc1cc(=O)oc2c(C)c(Oc3ccc(S(=O)(=O)N4CCCCC4)cc3[N+](=O)[O-])ccc12. The Morgan fingerprint density at radius 1 is 1.03 bits per heavy atom. The molecular formula is C22H22N2O7S. The minimum atomic E-state index is -3.83. The third kappa shape index (κ3) is 3.98. The molecule has 0 bridgehead atoms. The summed E-state index contributed by atoms with van der Waals surface area (Å²) in [5.41, 5.74) is 0.605. The molecule has 0 atom stereocenters. The first kappa shape index (κ1) is 22.0. The summed E-state index contributed by atoms with van der Waals surface area (Å²) in [7, 11) is -3.83. The fraction of sp³-hybridized carbons (Fsp3) is 0.318. The van der Waals surface area contributed by atoms with E-state index in [1.54, 1.807) is 26.0 Å². The second kappa shape index (κ2) is 8.36. The zero-order valence-corrected chi connectivity index (χ0v) is 18.5. The Morgan fingerprint density at radius 2 is 1.72 bits per heavy atom. The maximum atomic E-state index is 12.9. The fourth-order valence-corrected chi connectivity index (χ4v) is 5.41. The van der Waals surface area contributed by atoms with Gasteiger partial charge in [-0.3, -0.25) is 10.1 Å². The van der Waals surface area contributed by atoms with Crippen molar-refractivity contribution in [2.45, 2.75) is 38.0 Å². The Labute approximate surface area is 184 Å². The lowest BCUT2D eigenvalue weighted by Gasteiger charge is -2.25. The van der Waals surface area contributed by atoms with Crippen molar-refractivity contribution in [1.29, 1.82) is 0 Å². The zero-order chi connectivity index (χ0) is 23.0. The molecule has 0 radical (unpaired) electrons. The van der Waals surface area contributed by atoms with Gasteiger partial charge in [0.2, 0.25) is 15.8 Å². The fourth-order valence-electron chi connectivity index (χ4n) is 3.87. The molecule has 10 heteroatoms. The first-order valence-electron chi connectivity index (χ1n) is 10.2. The summed E-state index contributed by atoms with van der Waals surface area (Å²) in [6.07, 6.45) is 2.49. The van der Waals surface area contributed by atoms with E-state index < -0.39 is 26.3 Å². The van der Waals surface area contributed by atoms with Gasteiger partial charge < -0.3 is 9.15 Å². The minimum absolute atomic E-state index is 0.106. The number of nitrogens with zero attached hydrogens (tertiary/aromatic N) is 2. The van der Waals surface area contributed by atoms with E-state index in [-0.39, 0.29) is 16.4 Å². The van der Waals surface area contributed by atoms with Gasteiger partial charge in [0, 0.05) is 36.2 Å². The van der Waals surface area contributed by atoms with Crippen LogP contribution in [0.1, 0.15) is 30.4 Å². The number of sulfonamides is 1. The highest BCUT2D eigenvalue weighted by Crippen LogP contribution is 2.37. The number of benzene rings is 2. The summed E-state index contributed by atoms with van der Waals surface area (Å²) < 4.78 is 38.3. The smallest absolute Gasteiger partial charge is 0.336 e. The second-order valence-corrected chi connectivity index (χ2v) is 9.71. The first-order valence-corrected chi connectivity index (χ1v) is 11.6. The number of nitro benzene ring substituents is 1. The molecule has 1 aliphatic rings. The van der Waals surface area contributed by atoms with Gasteiger partial charge in [0.1, 0.15) is 11.3 Å². The number of hydrogen-bond donors (Lipinski definition) is 0. The van der Waals surface area contributed by atoms with Gasteiger partial charge in [-0.25, -0.2) is 13.2 Å². The number of ether oxygens (including phenoxy) is 1. The molecule has 168 valence electrons. The van der Waals surface area contributed by atoms with E-state index in [0.29, 0.717) is 24.2 Å². The molecule has 2 heterocycles. The molecule has 32 heavy (non-hydrogen) atoms. The van der Waals surface area contributed by atoms with E-state index in [1.165, 1.54) is 22.5 Å². The molecule has 0 amide bonds. The van der Waals surface area contributed by atoms with Gasteiger partial charge in [0.15, 0.2) is 0 Å². The van der Waals surface area contributed by atoms with Crippen molar-refractivity contribution in [3.05, 3.63) is 68.1 Å². The molecule has 2 aromatic carbocycles. The van der Waals surface area contributed by atoms with Crippen LogP contribution in [0.2, 0.25) is 0 Å². The average Bonchev–Trinajstić information content (AvgIpc) is 2.76. The van der Waals surface area contributed by atoms with E-state index in [2.05, 4.69) is 0 Å². The highest BCUT2D eigenvalue weighted by molar-refractivity contribution is 7.89. The molecule has 1 saturated heterocycles. The van der Waals surface area contributed by atoms with Crippen LogP contribution in [0, 0.1) is 24.0 Å². The maximum absolute atomic E-state index is 12.9.